The van der Waals surface area contributed by atoms with Gasteiger partial charge in [0.2, 0.25) is 0 Å². The topological polar surface area (TPSA) is 95.8 Å². The second kappa shape index (κ2) is 9.43. The van der Waals surface area contributed by atoms with Gasteiger partial charge in [0.15, 0.2) is 0 Å². The average Bonchev–Trinajstić information content (AvgIpc) is 2.72. The average molecular weight is 371 g/mol. The Morgan fingerprint density at radius 1 is 1.11 bits per heavy atom. The molecule has 144 valence electrons. The summed E-state index contributed by atoms with van der Waals surface area (Å²) < 4.78 is 5.72. The molecular weight excluding hydrogens is 346 g/mol. The summed E-state index contributed by atoms with van der Waals surface area (Å²) in [5.74, 6) is 0.544. The van der Waals surface area contributed by atoms with Crippen molar-refractivity contribution in [3.63, 3.8) is 0 Å². The number of hydrogen-bond donors (Lipinski definition) is 2. The van der Waals surface area contributed by atoms with Gasteiger partial charge >= 0.3 is 0 Å². The molecule has 1 aromatic heterocycles. The second-order valence-corrected chi connectivity index (χ2v) is 6.69. The van der Waals surface area contributed by atoms with Gasteiger partial charge in [-0.1, -0.05) is 18.2 Å². The number of amides is 1. The van der Waals surface area contributed by atoms with Crippen LogP contribution in [0, 0.1) is 0 Å². The smallest absolute Gasteiger partial charge is 0.272 e. The Bertz CT molecular complexity index is 741. The van der Waals surface area contributed by atoms with Crippen molar-refractivity contribution in [2.75, 3.05) is 19.7 Å². The molecule has 0 saturated heterocycles. The normalized spacial score (nSPS) is 21.8. The van der Waals surface area contributed by atoms with Gasteiger partial charge in [-0.25, -0.2) is 9.97 Å². The van der Waals surface area contributed by atoms with Crippen molar-refractivity contribution in [2.45, 2.75) is 37.9 Å². The fourth-order valence-electron chi connectivity index (χ4n) is 3.13. The molecule has 0 radical (unpaired) electrons. The molecule has 2 N–H and O–H groups in total. The van der Waals surface area contributed by atoms with Crippen LogP contribution >= 0.6 is 0 Å². The zero-order valence-corrected chi connectivity index (χ0v) is 15.2. The Kier molecular flexibility index (Phi) is 6.73. The van der Waals surface area contributed by atoms with Crippen LogP contribution in [-0.4, -0.2) is 62.9 Å². The van der Waals surface area contributed by atoms with Crippen molar-refractivity contribution in [2.24, 2.45) is 0 Å². The lowest BCUT2D eigenvalue weighted by atomic mass is 10.1. The Morgan fingerprint density at radius 2 is 1.96 bits per heavy atom. The monoisotopic (exact) mass is 371 g/mol. The van der Waals surface area contributed by atoms with E-state index in [0.29, 0.717) is 18.8 Å². The van der Waals surface area contributed by atoms with Crippen LogP contribution < -0.4 is 4.74 Å². The number of ether oxygens (including phenoxy) is 1. The number of carbonyl (C=O) groups excluding carboxylic acids is 1. The molecule has 0 fully saturated rings. The van der Waals surface area contributed by atoms with Crippen LogP contribution in [0.1, 0.15) is 35.3 Å². The number of carbonyl (C=O) groups is 1. The Morgan fingerprint density at radius 3 is 2.78 bits per heavy atom. The van der Waals surface area contributed by atoms with E-state index < -0.39 is 12.2 Å². The molecule has 0 aliphatic carbocycles. The summed E-state index contributed by atoms with van der Waals surface area (Å²) in [6, 6.07) is 9.30. The molecular formula is C20H25N3O4. The summed E-state index contributed by atoms with van der Waals surface area (Å²) in [7, 11) is 0. The number of para-hydroxylation sites is 1. The van der Waals surface area contributed by atoms with Crippen molar-refractivity contribution in [1.29, 1.82) is 0 Å². The quantitative estimate of drug-likeness (QED) is 0.788. The highest BCUT2D eigenvalue weighted by Gasteiger charge is 2.22. The third kappa shape index (κ3) is 5.24. The molecule has 3 rings (SSSR count). The molecule has 0 unspecified atom stereocenters. The summed E-state index contributed by atoms with van der Waals surface area (Å²) in [5.41, 5.74) is 1.39. The number of aromatic nitrogens is 2. The molecule has 1 aliphatic heterocycles. The van der Waals surface area contributed by atoms with Crippen LogP contribution in [0.5, 0.6) is 5.75 Å². The van der Waals surface area contributed by atoms with Crippen LogP contribution in [0.3, 0.4) is 0 Å². The first kappa shape index (κ1) is 19.3. The maximum Gasteiger partial charge on any atom is 0.272 e. The maximum absolute atomic E-state index is 12.7. The molecule has 1 aliphatic rings. The molecule has 1 aromatic carbocycles. The van der Waals surface area contributed by atoms with E-state index in [1.54, 1.807) is 11.0 Å². The van der Waals surface area contributed by atoms with Crippen molar-refractivity contribution in [1.82, 2.24) is 14.9 Å². The van der Waals surface area contributed by atoms with Gasteiger partial charge in [0.05, 0.1) is 6.10 Å². The van der Waals surface area contributed by atoms with E-state index in [9.17, 15) is 15.0 Å². The first-order valence-electron chi connectivity index (χ1n) is 9.27. The third-order valence-electron chi connectivity index (χ3n) is 4.73. The van der Waals surface area contributed by atoms with Crippen LogP contribution in [0.2, 0.25) is 0 Å². The van der Waals surface area contributed by atoms with Gasteiger partial charge < -0.3 is 19.8 Å². The standard InChI is InChI=1S/C20H25N3O4/c24-17-9-12-23(20(26)16-8-10-21-14-22-16)11-4-3-6-15-5-1-2-7-19(15)27-13-18(17)25/h1-2,5,7-8,10,14,17-18,24-25H,3-4,6,9,11-13H2/t17-,18+/m0/s1. The lowest BCUT2D eigenvalue weighted by Crippen LogP contribution is -2.38. The third-order valence-corrected chi connectivity index (χ3v) is 4.73. The van der Waals surface area contributed by atoms with Crippen LogP contribution in [0.25, 0.3) is 0 Å². The highest BCUT2D eigenvalue weighted by Crippen LogP contribution is 2.21. The second-order valence-electron chi connectivity index (χ2n) is 6.69. The summed E-state index contributed by atoms with van der Waals surface area (Å²) in [5, 5.41) is 20.5. The summed E-state index contributed by atoms with van der Waals surface area (Å²) in [6.07, 6.45) is 3.71. The molecule has 2 heterocycles. The molecule has 0 bridgehead atoms. The summed E-state index contributed by atoms with van der Waals surface area (Å²) >= 11 is 0. The van der Waals surface area contributed by atoms with Gasteiger partial charge in [0.1, 0.15) is 30.5 Å². The van der Waals surface area contributed by atoms with Gasteiger partial charge in [-0.15, -0.1) is 0 Å². The van der Waals surface area contributed by atoms with Gasteiger partial charge in [0, 0.05) is 19.3 Å². The number of benzene rings is 1. The molecule has 27 heavy (non-hydrogen) atoms. The number of rotatable bonds is 1. The van der Waals surface area contributed by atoms with Gasteiger partial charge in [-0.3, -0.25) is 4.79 Å². The van der Waals surface area contributed by atoms with E-state index in [1.165, 1.54) is 12.5 Å². The molecule has 0 spiro atoms. The molecule has 0 saturated carbocycles. The minimum absolute atomic E-state index is 0.0119. The van der Waals surface area contributed by atoms with Crippen LogP contribution in [0.15, 0.2) is 42.9 Å². The maximum atomic E-state index is 12.7. The largest absolute Gasteiger partial charge is 0.491 e. The lowest BCUT2D eigenvalue weighted by Gasteiger charge is -2.25. The Labute approximate surface area is 158 Å². The van der Waals surface area contributed by atoms with Crippen molar-refractivity contribution < 1.29 is 19.7 Å². The number of aryl methyl sites for hydroxylation is 1. The molecule has 1 amide bonds. The first-order valence-corrected chi connectivity index (χ1v) is 9.27. The molecule has 2 atom stereocenters. The van der Waals surface area contributed by atoms with Gasteiger partial charge in [-0.2, -0.15) is 0 Å². The zero-order chi connectivity index (χ0) is 19.1. The summed E-state index contributed by atoms with van der Waals surface area (Å²) in [4.78, 5) is 22.3. The minimum atomic E-state index is -1.02. The number of hydrogen-bond acceptors (Lipinski definition) is 6. The van der Waals surface area contributed by atoms with Crippen LogP contribution in [0.4, 0.5) is 0 Å². The van der Waals surface area contributed by atoms with E-state index in [4.69, 9.17) is 4.74 Å². The molecule has 7 nitrogen and oxygen atoms in total. The predicted molar refractivity (Wildman–Crippen MR) is 99.4 cm³/mol. The van der Waals surface area contributed by atoms with Crippen molar-refractivity contribution in [3.05, 3.63) is 54.1 Å². The number of aliphatic hydroxyl groups excluding tert-OH is 2. The van der Waals surface area contributed by atoms with E-state index >= 15 is 0 Å². The van der Waals surface area contributed by atoms with Crippen molar-refractivity contribution >= 4 is 5.91 Å². The Hall–Kier alpha value is -2.51. The highest BCUT2D eigenvalue weighted by molar-refractivity contribution is 5.92. The molecule has 7 heteroatoms. The van der Waals surface area contributed by atoms with Gasteiger partial charge in [-0.05, 0) is 43.4 Å². The van der Waals surface area contributed by atoms with E-state index in [2.05, 4.69) is 9.97 Å². The van der Waals surface area contributed by atoms with Gasteiger partial charge in [0.25, 0.3) is 5.91 Å². The number of aliphatic hydroxyl groups is 2. The van der Waals surface area contributed by atoms with E-state index in [0.717, 1.165) is 30.6 Å². The zero-order valence-electron chi connectivity index (χ0n) is 15.2. The fourth-order valence-corrected chi connectivity index (χ4v) is 3.13. The minimum Gasteiger partial charge on any atom is -0.491 e. The highest BCUT2D eigenvalue weighted by atomic mass is 16.5. The lowest BCUT2D eigenvalue weighted by molar-refractivity contribution is -0.0150. The number of fused-ring (bicyclic) bond motifs is 1. The summed E-state index contributed by atoms with van der Waals surface area (Å²) in [6.45, 7) is 0.917. The SMILES string of the molecule is O=C(c1ccncn1)N1CCCCc2ccccc2OC[C@@H](O)[C@@H](O)CC1. The number of nitrogens with zero attached hydrogens (tertiary/aromatic N) is 3. The van der Waals surface area contributed by atoms with Crippen molar-refractivity contribution in [3.8, 4) is 5.75 Å². The molecule has 2 aromatic rings. The van der Waals surface area contributed by atoms with E-state index in [-0.39, 0.29) is 18.9 Å². The van der Waals surface area contributed by atoms with Crippen LogP contribution in [-0.2, 0) is 6.42 Å². The Balaban J connectivity index is 1.74. The fraction of sp³-hybridized carbons (Fsp3) is 0.450. The first-order chi connectivity index (χ1) is 13.1. The predicted octanol–water partition coefficient (Wildman–Crippen LogP) is 1.45. The van der Waals surface area contributed by atoms with E-state index in [1.807, 2.05) is 24.3 Å².